The molecule has 0 aromatic carbocycles. The third-order valence-electron chi connectivity index (χ3n) is 2.53. The number of methoxy groups -OCH3 is 1. The SMILES string of the molecule is COCC(O)CN(C)Cc1ccnc(C(N)=NO)c1. The number of pyridine rings is 1. The van der Waals surface area contributed by atoms with Crippen LogP contribution < -0.4 is 5.73 Å². The van der Waals surface area contributed by atoms with Gasteiger partial charge in [-0.25, -0.2) is 0 Å². The maximum Gasteiger partial charge on any atom is 0.188 e. The van der Waals surface area contributed by atoms with Crippen molar-refractivity contribution in [1.82, 2.24) is 9.88 Å². The Kier molecular flexibility index (Phi) is 6.20. The zero-order valence-corrected chi connectivity index (χ0v) is 11.2. The van der Waals surface area contributed by atoms with E-state index in [1.54, 1.807) is 19.4 Å². The summed E-state index contributed by atoms with van der Waals surface area (Å²) in [5.74, 6) is -0.0241. The van der Waals surface area contributed by atoms with Crippen molar-refractivity contribution in [2.45, 2.75) is 12.6 Å². The zero-order chi connectivity index (χ0) is 14.3. The summed E-state index contributed by atoms with van der Waals surface area (Å²) in [5, 5.41) is 21.1. The minimum absolute atomic E-state index is 0.0241. The highest BCUT2D eigenvalue weighted by molar-refractivity contribution is 5.95. The molecule has 0 saturated heterocycles. The van der Waals surface area contributed by atoms with E-state index >= 15 is 0 Å². The molecule has 1 aromatic heterocycles. The van der Waals surface area contributed by atoms with Gasteiger partial charge in [0, 0.05) is 26.4 Å². The molecule has 106 valence electrons. The molecule has 7 heteroatoms. The summed E-state index contributed by atoms with van der Waals surface area (Å²) >= 11 is 0. The van der Waals surface area contributed by atoms with Gasteiger partial charge < -0.3 is 20.8 Å². The van der Waals surface area contributed by atoms with Crippen molar-refractivity contribution in [3.05, 3.63) is 29.6 Å². The molecule has 4 N–H and O–H groups in total. The highest BCUT2D eigenvalue weighted by Crippen LogP contribution is 2.05. The molecule has 0 aliphatic heterocycles. The maximum absolute atomic E-state index is 9.63. The molecular formula is C12H20N4O3. The summed E-state index contributed by atoms with van der Waals surface area (Å²) in [5.41, 5.74) is 6.87. The maximum atomic E-state index is 9.63. The van der Waals surface area contributed by atoms with E-state index in [0.29, 0.717) is 25.4 Å². The Balaban J connectivity index is 2.61. The van der Waals surface area contributed by atoms with E-state index in [2.05, 4.69) is 10.1 Å². The van der Waals surface area contributed by atoms with Crippen molar-refractivity contribution in [3.63, 3.8) is 0 Å². The largest absolute Gasteiger partial charge is 0.409 e. The van der Waals surface area contributed by atoms with E-state index in [-0.39, 0.29) is 5.84 Å². The molecule has 1 atom stereocenters. The molecule has 0 aliphatic rings. The predicted octanol–water partition coefficient (Wildman–Crippen LogP) is -0.385. The number of nitrogens with zero attached hydrogens (tertiary/aromatic N) is 3. The Morgan fingerprint density at radius 1 is 1.63 bits per heavy atom. The van der Waals surface area contributed by atoms with Crippen LogP contribution in [0.25, 0.3) is 0 Å². The Morgan fingerprint density at radius 3 is 3.00 bits per heavy atom. The van der Waals surface area contributed by atoms with Gasteiger partial charge >= 0.3 is 0 Å². The summed E-state index contributed by atoms with van der Waals surface area (Å²) in [7, 11) is 3.44. The van der Waals surface area contributed by atoms with Crippen LogP contribution in [0.15, 0.2) is 23.5 Å². The van der Waals surface area contributed by atoms with Crippen LogP contribution in [0.1, 0.15) is 11.3 Å². The lowest BCUT2D eigenvalue weighted by Gasteiger charge is -2.20. The van der Waals surface area contributed by atoms with Crippen molar-refractivity contribution in [2.24, 2.45) is 10.9 Å². The normalized spacial score (nSPS) is 13.8. The van der Waals surface area contributed by atoms with Gasteiger partial charge in [0.1, 0.15) is 5.69 Å². The molecule has 0 saturated carbocycles. The molecule has 7 nitrogen and oxygen atoms in total. The van der Waals surface area contributed by atoms with E-state index in [1.165, 1.54) is 0 Å². The fourth-order valence-corrected chi connectivity index (χ4v) is 1.75. The predicted molar refractivity (Wildman–Crippen MR) is 71.0 cm³/mol. The van der Waals surface area contributed by atoms with Gasteiger partial charge in [-0.1, -0.05) is 5.16 Å². The lowest BCUT2D eigenvalue weighted by Crippen LogP contribution is -2.31. The van der Waals surface area contributed by atoms with Gasteiger partial charge in [0.15, 0.2) is 5.84 Å². The van der Waals surface area contributed by atoms with Crippen LogP contribution in [0.3, 0.4) is 0 Å². The van der Waals surface area contributed by atoms with Gasteiger partial charge in [0.05, 0.1) is 12.7 Å². The van der Waals surface area contributed by atoms with Gasteiger partial charge in [-0.05, 0) is 24.7 Å². The molecule has 0 amide bonds. The molecule has 1 heterocycles. The lowest BCUT2D eigenvalue weighted by molar-refractivity contribution is 0.0419. The summed E-state index contributed by atoms with van der Waals surface area (Å²) in [6.45, 7) is 1.42. The monoisotopic (exact) mass is 268 g/mol. The van der Waals surface area contributed by atoms with E-state index in [9.17, 15) is 5.11 Å². The second-order valence-corrected chi connectivity index (χ2v) is 4.34. The number of hydrogen-bond acceptors (Lipinski definition) is 6. The summed E-state index contributed by atoms with van der Waals surface area (Å²) < 4.78 is 4.87. The minimum Gasteiger partial charge on any atom is -0.409 e. The molecule has 0 bridgehead atoms. The molecule has 0 fully saturated rings. The van der Waals surface area contributed by atoms with Crippen molar-refractivity contribution in [3.8, 4) is 0 Å². The van der Waals surface area contributed by atoms with Crippen LogP contribution in [-0.4, -0.2) is 59.4 Å². The van der Waals surface area contributed by atoms with Crippen LogP contribution in [0.5, 0.6) is 0 Å². The Morgan fingerprint density at radius 2 is 2.37 bits per heavy atom. The average Bonchev–Trinajstić information content (AvgIpc) is 2.38. The lowest BCUT2D eigenvalue weighted by atomic mass is 10.2. The number of rotatable bonds is 7. The van der Waals surface area contributed by atoms with Gasteiger partial charge in [0.2, 0.25) is 0 Å². The standard InChI is InChI=1S/C12H20N4O3/c1-16(7-10(17)8-19-2)6-9-3-4-14-11(5-9)12(13)15-18/h3-5,10,17-18H,6-8H2,1-2H3,(H2,13,15). The van der Waals surface area contributed by atoms with Gasteiger partial charge in [-0.15, -0.1) is 0 Å². The number of ether oxygens (including phenoxy) is 1. The number of aromatic nitrogens is 1. The van der Waals surface area contributed by atoms with Gasteiger partial charge in [-0.3, -0.25) is 9.88 Å². The molecular weight excluding hydrogens is 248 g/mol. The van der Waals surface area contributed by atoms with Gasteiger partial charge in [-0.2, -0.15) is 0 Å². The van der Waals surface area contributed by atoms with Crippen LogP contribution in [0.2, 0.25) is 0 Å². The van der Waals surface area contributed by atoms with Gasteiger partial charge in [0.25, 0.3) is 0 Å². The third kappa shape index (κ3) is 5.21. The Hall–Kier alpha value is -1.70. The van der Waals surface area contributed by atoms with E-state index < -0.39 is 6.10 Å². The van der Waals surface area contributed by atoms with E-state index in [4.69, 9.17) is 15.7 Å². The number of oxime groups is 1. The molecule has 1 unspecified atom stereocenters. The molecule has 1 rings (SSSR count). The molecule has 1 aromatic rings. The van der Waals surface area contributed by atoms with Crippen molar-refractivity contribution >= 4 is 5.84 Å². The Bertz CT molecular complexity index is 425. The van der Waals surface area contributed by atoms with Crippen LogP contribution in [0.4, 0.5) is 0 Å². The van der Waals surface area contributed by atoms with Crippen LogP contribution >= 0.6 is 0 Å². The fraction of sp³-hybridized carbons (Fsp3) is 0.500. The second-order valence-electron chi connectivity index (χ2n) is 4.34. The first-order valence-corrected chi connectivity index (χ1v) is 5.85. The number of hydrogen-bond donors (Lipinski definition) is 3. The number of nitrogens with two attached hydrogens (primary N) is 1. The summed E-state index contributed by atoms with van der Waals surface area (Å²) in [4.78, 5) is 5.96. The smallest absolute Gasteiger partial charge is 0.188 e. The highest BCUT2D eigenvalue weighted by Gasteiger charge is 2.09. The number of aliphatic hydroxyl groups excluding tert-OH is 1. The molecule has 0 radical (unpaired) electrons. The molecule has 0 spiro atoms. The van der Waals surface area contributed by atoms with Crippen LogP contribution in [-0.2, 0) is 11.3 Å². The Labute approximate surface area is 112 Å². The molecule has 0 aliphatic carbocycles. The zero-order valence-electron chi connectivity index (χ0n) is 11.2. The summed E-state index contributed by atoms with van der Waals surface area (Å²) in [6, 6.07) is 3.58. The number of aliphatic hydroxyl groups is 1. The number of amidine groups is 1. The first-order chi connectivity index (χ1) is 9.06. The first kappa shape index (κ1) is 15.4. The fourth-order valence-electron chi connectivity index (χ4n) is 1.75. The van der Waals surface area contributed by atoms with E-state index in [1.807, 2.05) is 18.0 Å². The van der Waals surface area contributed by atoms with Crippen LogP contribution in [0, 0.1) is 0 Å². The average molecular weight is 268 g/mol. The minimum atomic E-state index is -0.527. The van der Waals surface area contributed by atoms with E-state index in [0.717, 1.165) is 5.56 Å². The first-order valence-electron chi connectivity index (χ1n) is 5.85. The quantitative estimate of drug-likeness (QED) is 0.269. The highest BCUT2D eigenvalue weighted by atomic mass is 16.5. The van der Waals surface area contributed by atoms with Crippen molar-refractivity contribution in [2.75, 3.05) is 27.3 Å². The third-order valence-corrected chi connectivity index (χ3v) is 2.53. The summed E-state index contributed by atoms with van der Waals surface area (Å²) in [6.07, 6.45) is 1.07. The second kappa shape index (κ2) is 7.67. The topological polar surface area (TPSA) is 104 Å². The molecule has 19 heavy (non-hydrogen) atoms. The van der Waals surface area contributed by atoms with Crippen molar-refractivity contribution < 1.29 is 15.1 Å². The number of likely N-dealkylation sites (N-methyl/N-ethyl adjacent to an activating group) is 1. The van der Waals surface area contributed by atoms with Crippen molar-refractivity contribution in [1.29, 1.82) is 0 Å².